The van der Waals surface area contributed by atoms with Gasteiger partial charge in [0.25, 0.3) is 11.5 Å². The Morgan fingerprint density at radius 3 is 2.61 bits per heavy atom. The molecule has 28 heavy (non-hydrogen) atoms. The van der Waals surface area contributed by atoms with Crippen LogP contribution >= 0.6 is 0 Å². The highest BCUT2D eigenvalue weighted by Crippen LogP contribution is 2.06. The van der Waals surface area contributed by atoms with E-state index in [0.29, 0.717) is 0 Å². The van der Waals surface area contributed by atoms with Crippen molar-refractivity contribution >= 4 is 29.4 Å². The summed E-state index contributed by atoms with van der Waals surface area (Å²) in [5.41, 5.74) is 3.75. The normalized spacial score (nSPS) is 12.0. The van der Waals surface area contributed by atoms with E-state index in [-0.39, 0.29) is 17.7 Å². The van der Waals surface area contributed by atoms with Crippen molar-refractivity contribution in [3.05, 3.63) is 68.6 Å². The summed E-state index contributed by atoms with van der Waals surface area (Å²) < 4.78 is 3.64. The fraction of sp³-hybridized carbons (Fsp3) is 0.211. The van der Waals surface area contributed by atoms with Crippen molar-refractivity contribution in [2.24, 2.45) is 19.2 Å². The van der Waals surface area contributed by atoms with Crippen LogP contribution in [0.3, 0.4) is 0 Å². The van der Waals surface area contributed by atoms with Crippen LogP contribution in [-0.2, 0) is 25.4 Å². The van der Waals surface area contributed by atoms with E-state index in [1.807, 2.05) is 43.3 Å². The summed E-state index contributed by atoms with van der Waals surface area (Å²) in [5.74, 6) is -0.418. The first kappa shape index (κ1) is 19.0. The SMILES string of the molecule is CC(/C=N\NC(=O)Cn1cnc2c1c(=O)n(C)c(=O)n2C)=C\c1ccccc1. The van der Waals surface area contributed by atoms with Crippen molar-refractivity contribution in [2.45, 2.75) is 13.5 Å². The van der Waals surface area contributed by atoms with Crippen molar-refractivity contribution in [1.29, 1.82) is 0 Å². The van der Waals surface area contributed by atoms with Gasteiger partial charge in [-0.3, -0.25) is 18.7 Å². The second-order valence-electron chi connectivity index (χ2n) is 6.34. The van der Waals surface area contributed by atoms with E-state index < -0.39 is 17.2 Å². The summed E-state index contributed by atoms with van der Waals surface area (Å²) in [4.78, 5) is 40.6. The molecule has 0 aliphatic rings. The fourth-order valence-corrected chi connectivity index (χ4v) is 2.76. The summed E-state index contributed by atoms with van der Waals surface area (Å²) in [6, 6.07) is 9.74. The number of hydrogen-bond acceptors (Lipinski definition) is 5. The monoisotopic (exact) mass is 380 g/mol. The van der Waals surface area contributed by atoms with Crippen LogP contribution in [0.25, 0.3) is 17.2 Å². The Labute approximate surface area is 160 Å². The summed E-state index contributed by atoms with van der Waals surface area (Å²) >= 11 is 0. The van der Waals surface area contributed by atoms with Crippen LogP contribution in [0.5, 0.6) is 0 Å². The molecule has 0 bridgehead atoms. The Morgan fingerprint density at radius 2 is 1.89 bits per heavy atom. The van der Waals surface area contributed by atoms with Gasteiger partial charge in [0.1, 0.15) is 6.54 Å². The summed E-state index contributed by atoms with van der Waals surface area (Å²) in [6.45, 7) is 1.72. The van der Waals surface area contributed by atoms with Gasteiger partial charge in [0.15, 0.2) is 11.2 Å². The van der Waals surface area contributed by atoms with Gasteiger partial charge in [-0.2, -0.15) is 5.10 Å². The molecule has 0 aliphatic heterocycles. The zero-order valence-electron chi connectivity index (χ0n) is 15.8. The largest absolute Gasteiger partial charge is 0.332 e. The number of carbonyl (C=O) groups is 1. The first-order valence-corrected chi connectivity index (χ1v) is 8.54. The number of hydrogen-bond donors (Lipinski definition) is 1. The summed E-state index contributed by atoms with van der Waals surface area (Å²) in [7, 11) is 2.90. The maximum atomic E-state index is 12.4. The zero-order chi connectivity index (χ0) is 20.3. The molecule has 2 aromatic heterocycles. The molecule has 144 valence electrons. The quantitative estimate of drug-likeness (QED) is 0.518. The number of aryl methyl sites for hydroxylation is 1. The lowest BCUT2D eigenvalue weighted by Gasteiger charge is -2.06. The van der Waals surface area contributed by atoms with Gasteiger partial charge in [-0.25, -0.2) is 15.2 Å². The first-order chi connectivity index (χ1) is 13.4. The molecule has 2 heterocycles. The van der Waals surface area contributed by atoms with Crippen molar-refractivity contribution in [3.63, 3.8) is 0 Å². The molecule has 1 aromatic carbocycles. The van der Waals surface area contributed by atoms with E-state index in [9.17, 15) is 14.4 Å². The topological polar surface area (TPSA) is 103 Å². The maximum Gasteiger partial charge on any atom is 0.332 e. The van der Waals surface area contributed by atoms with Crippen LogP contribution in [0.4, 0.5) is 0 Å². The Kier molecular flexibility index (Phi) is 5.35. The molecule has 9 nitrogen and oxygen atoms in total. The van der Waals surface area contributed by atoms with E-state index in [0.717, 1.165) is 15.7 Å². The average molecular weight is 380 g/mol. The standard InChI is InChI=1S/C19H20N6O3/c1-13(9-14-7-5-4-6-8-14)10-21-22-15(26)11-25-12-20-17-16(25)18(27)24(3)19(28)23(17)2/h4-10,12H,11H2,1-3H3,(H,22,26)/b13-9+,21-10-. The molecule has 1 N–H and O–H groups in total. The van der Waals surface area contributed by atoms with Gasteiger partial charge in [0, 0.05) is 14.1 Å². The van der Waals surface area contributed by atoms with Gasteiger partial charge in [0.05, 0.1) is 12.5 Å². The minimum Gasteiger partial charge on any atom is -0.315 e. The van der Waals surface area contributed by atoms with E-state index >= 15 is 0 Å². The zero-order valence-corrected chi connectivity index (χ0v) is 15.8. The van der Waals surface area contributed by atoms with E-state index in [2.05, 4.69) is 15.5 Å². The van der Waals surface area contributed by atoms with Crippen molar-refractivity contribution < 1.29 is 4.79 Å². The molecule has 0 saturated carbocycles. The minimum absolute atomic E-state index is 0.150. The van der Waals surface area contributed by atoms with E-state index in [4.69, 9.17) is 0 Å². The summed E-state index contributed by atoms with van der Waals surface area (Å²) in [6.07, 6.45) is 4.83. The third kappa shape index (κ3) is 3.83. The molecule has 0 aliphatic carbocycles. The predicted octanol–water partition coefficient (Wildman–Crippen LogP) is 0.639. The number of fused-ring (bicyclic) bond motifs is 1. The third-order valence-electron chi connectivity index (χ3n) is 4.18. The number of aromatic nitrogens is 4. The molecular formula is C19H20N6O3. The van der Waals surface area contributed by atoms with E-state index in [1.165, 1.54) is 29.6 Å². The molecule has 3 aromatic rings. The highest BCUT2D eigenvalue weighted by atomic mass is 16.2. The number of carbonyl (C=O) groups excluding carboxylic acids is 1. The number of hydrazone groups is 1. The number of imidazole rings is 1. The van der Waals surface area contributed by atoms with Crippen molar-refractivity contribution in [1.82, 2.24) is 24.1 Å². The second-order valence-corrected chi connectivity index (χ2v) is 6.34. The number of nitrogens with one attached hydrogen (secondary N) is 1. The van der Waals surface area contributed by atoms with Crippen LogP contribution in [0, 0.1) is 0 Å². The fourth-order valence-electron chi connectivity index (χ4n) is 2.76. The molecule has 3 rings (SSSR count). The Morgan fingerprint density at radius 1 is 1.18 bits per heavy atom. The number of rotatable bonds is 5. The Hall–Kier alpha value is -3.75. The maximum absolute atomic E-state index is 12.4. The van der Waals surface area contributed by atoms with Crippen LogP contribution in [0.15, 0.2) is 56.9 Å². The molecule has 0 fully saturated rings. The van der Waals surface area contributed by atoms with Crippen LogP contribution in [0.2, 0.25) is 0 Å². The predicted molar refractivity (Wildman–Crippen MR) is 107 cm³/mol. The van der Waals surface area contributed by atoms with Crippen LogP contribution in [0.1, 0.15) is 12.5 Å². The molecule has 9 heteroatoms. The number of amides is 1. The average Bonchev–Trinajstić information content (AvgIpc) is 3.09. The molecule has 0 saturated heterocycles. The molecule has 0 atom stereocenters. The molecule has 0 unspecified atom stereocenters. The van der Waals surface area contributed by atoms with Gasteiger partial charge in [-0.15, -0.1) is 0 Å². The molecule has 1 amide bonds. The van der Waals surface area contributed by atoms with Gasteiger partial charge >= 0.3 is 5.69 Å². The van der Waals surface area contributed by atoms with Gasteiger partial charge < -0.3 is 4.57 Å². The van der Waals surface area contributed by atoms with Crippen LogP contribution in [-0.4, -0.2) is 30.8 Å². The van der Waals surface area contributed by atoms with Gasteiger partial charge in [-0.1, -0.05) is 36.4 Å². The third-order valence-corrected chi connectivity index (χ3v) is 4.18. The number of benzene rings is 1. The van der Waals surface area contributed by atoms with Gasteiger partial charge in [-0.05, 0) is 18.1 Å². The highest BCUT2D eigenvalue weighted by Gasteiger charge is 2.15. The van der Waals surface area contributed by atoms with E-state index in [1.54, 1.807) is 6.21 Å². The highest BCUT2D eigenvalue weighted by molar-refractivity contribution is 5.86. The van der Waals surface area contributed by atoms with Crippen molar-refractivity contribution in [2.75, 3.05) is 0 Å². The number of nitrogens with zero attached hydrogens (tertiary/aromatic N) is 5. The Balaban J connectivity index is 1.73. The number of allylic oxidation sites excluding steroid dienone is 1. The first-order valence-electron chi connectivity index (χ1n) is 8.54. The molecule has 0 spiro atoms. The van der Waals surface area contributed by atoms with Crippen LogP contribution < -0.4 is 16.7 Å². The lowest BCUT2D eigenvalue weighted by atomic mass is 10.1. The molecule has 0 radical (unpaired) electrons. The lowest BCUT2D eigenvalue weighted by molar-refractivity contribution is -0.121. The van der Waals surface area contributed by atoms with Crippen molar-refractivity contribution in [3.8, 4) is 0 Å². The van der Waals surface area contributed by atoms with Gasteiger partial charge in [0.2, 0.25) is 0 Å². The second kappa shape index (κ2) is 7.87. The molecular weight excluding hydrogens is 360 g/mol. The lowest BCUT2D eigenvalue weighted by Crippen LogP contribution is -2.38. The Bertz CT molecular complexity index is 1200. The smallest absolute Gasteiger partial charge is 0.315 e. The summed E-state index contributed by atoms with van der Waals surface area (Å²) in [5, 5.41) is 3.93. The minimum atomic E-state index is -0.506.